The van der Waals surface area contributed by atoms with E-state index in [1.807, 2.05) is 25.2 Å². The molecule has 1 fully saturated rings. The molecule has 1 N–H and O–H groups in total. The Morgan fingerprint density at radius 1 is 1.53 bits per heavy atom. The lowest BCUT2D eigenvalue weighted by molar-refractivity contribution is 0.449. The zero-order valence-corrected chi connectivity index (χ0v) is 11.5. The molecule has 0 aliphatic carbocycles. The number of rotatable bonds is 2. The molecule has 1 heterocycles. The largest absolute Gasteiger partial charge is 0.369 e. The minimum atomic E-state index is 0.522. The number of benzene rings is 1. The van der Waals surface area contributed by atoms with Gasteiger partial charge in [0, 0.05) is 23.6 Å². The van der Waals surface area contributed by atoms with Crippen LogP contribution in [0.3, 0.4) is 0 Å². The van der Waals surface area contributed by atoms with Crippen LogP contribution in [0.4, 0.5) is 5.69 Å². The van der Waals surface area contributed by atoms with Crippen molar-refractivity contribution in [2.75, 3.05) is 25.0 Å². The fourth-order valence-electron chi connectivity index (χ4n) is 2.32. The van der Waals surface area contributed by atoms with E-state index in [4.69, 9.17) is 0 Å². The number of anilines is 1. The molecule has 0 spiro atoms. The summed E-state index contributed by atoms with van der Waals surface area (Å²) in [6, 6.07) is 8.74. The van der Waals surface area contributed by atoms with Crippen molar-refractivity contribution in [1.82, 2.24) is 5.32 Å². The van der Waals surface area contributed by atoms with Gasteiger partial charge < -0.3 is 10.2 Å². The first-order chi connectivity index (χ1) is 8.26. The lowest BCUT2D eigenvalue weighted by Gasteiger charge is -2.34. The van der Waals surface area contributed by atoms with E-state index in [1.165, 1.54) is 12.8 Å². The monoisotopic (exact) mass is 293 g/mol. The van der Waals surface area contributed by atoms with Crippen molar-refractivity contribution in [2.24, 2.45) is 0 Å². The molecule has 0 radical (unpaired) electrons. The highest BCUT2D eigenvalue weighted by molar-refractivity contribution is 9.10. The van der Waals surface area contributed by atoms with Crippen LogP contribution in [0.5, 0.6) is 0 Å². The van der Waals surface area contributed by atoms with Gasteiger partial charge in [0.15, 0.2) is 0 Å². The van der Waals surface area contributed by atoms with E-state index in [0.717, 1.165) is 28.8 Å². The van der Waals surface area contributed by atoms with Crippen molar-refractivity contribution in [1.29, 1.82) is 5.26 Å². The molecule has 1 aliphatic heterocycles. The van der Waals surface area contributed by atoms with Crippen LogP contribution >= 0.6 is 15.9 Å². The van der Waals surface area contributed by atoms with E-state index in [2.05, 4.69) is 32.2 Å². The summed E-state index contributed by atoms with van der Waals surface area (Å²) in [7, 11) is 2.00. The Balaban J connectivity index is 2.28. The molecule has 1 aliphatic rings. The topological polar surface area (TPSA) is 39.1 Å². The number of piperidine rings is 1. The highest BCUT2D eigenvalue weighted by Gasteiger charge is 2.21. The molecule has 0 saturated carbocycles. The predicted octanol–water partition coefficient (Wildman–Crippen LogP) is 2.51. The lowest BCUT2D eigenvalue weighted by atomic mass is 10.0. The fourth-order valence-corrected chi connectivity index (χ4v) is 2.76. The van der Waals surface area contributed by atoms with Crippen LogP contribution < -0.4 is 10.2 Å². The first-order valence-electron chi connectivity index (χ1n) is 5.87. The van der Waals surface area contributed by atoms with Crippen molar-refractivity contribution in [2.45, 2.75) is 18.9 Å². The van der Waals surface area contributed by atoms with Gasteiger partial charge in [0.1, 0.15) is 6.07 Å². The maximum atomic E-state index is 9.23. The summed E-state index contributed by atoms with van der Waals surface area (Å²) in [5.41, 5.74) is 1.78. The average Bonchev–Trinajstić information content (AvgIpc) is 2.38. The molecule has 4 heteroatoms. The third-order valence-corrected chi connectivity index (χ3v) is 3.93. The van der Waals surface area contributed by atoms with Crippen LogP contribution in [0.15, 0.2) is 22.7 Å². The third kappa shape index (κ3) is 2.62. The molecular formula is C13H16BrN3. The van der Waals surface area contributed by atoms with E-state index in [-0.39, 0.29) is 0 Å². The molecule has 1 saturated heterocycles. The second-order valence-corrected chi connectivity index (χ2v) is 5.17. The summed E-state index contributed by atoms with van der Waals surface area (Å²) in [5, 5.41) is 12.6. The average molecular weight is 294 g/mol. The number of hydrogen-bond acceptors (Lipinski definition) is 3. The normalized spacial score (nSPS) is 20.1. The molecule has 17 heavy (non-hydrogen) atoms. The molecule has 0 amide bonds. The summed E-state index contributed by atoms with van der Waals surface area (Å²) in [6.45, 7) is 2.00. The Labute approximate surface area is 111 Å². The maximum absolute atomic E-state index is 9.23. The molecule has 0 bridgehead atoms. The zero-order valence-electron chi connectivity index (χ0n) is 9.91. The van der Waals surface area contributed by atoms with Gasteiger partial charge in [-0.05, 0) is 48.0 Å². The molecule has 3 nitrogen and oxygen atoms in total. The Bertz CT molecular complexity index is 439. The van der Waals surface area contributed by atoms with E-state index in [9.17, 15) is 5.26 Å². The van der Waals surface area contributed by atoms with Crippen molar-refractivity contribution >= 4 is 21.6 Å². The van der Waals surface area contributed by atoms with Crippen LogP contribution in [-0.2, 0) is 0 Å². The van der Waals surface area contributed by atoms with Gasteiger partial charge in [-0.2, -0.15) is 5.26 Å². The van der Waals surface area contributed by atoms with Crippen LogP contribution in [0, 0.1) is 11.3 Å². The van der Waals surface area contributed by atoms with Crippen molar-refractivity contribution in [3.63, 3.8) is 0 Å². The van der Waals surface area contributed by atoms with E-state index < -0.39 is 0 Å². The first kappa shape index (κ1) is 12.4. The van der Waals surface area contributed by atoms with Gasteiger partial charge in [-0.3, -0.25) is 0 Å². The summed E-state index contributed by atoms with van der Waals surface area (Å²) in [5.74, 6) is 0. The number of halogens is 1. The number of nitrogens with zero attached hydrogens (tertiary/aromatic N) is 2. The molecule has 1 unspecified atom stereocenters. The van der Waals surface area contributed by atoms with Gasteiger partial charge in [0.2, 0.25) is 0 Å². The second-order valence-electron chi connectivity index (χ2n) is 4.32. The maximum Gasteiger partial charge on any atom is 0.103 e. The van der Waals surface area contributed by atoms with Crippen LogP contribution in [0.2, 0.25) is 0 Å². The molecule has 1 aromatic rings. The molecular weight excluding hydrogens is 278 g/mol. The molecule has 1 atom stereocenters. The summed E-state index contributed by atoms with van der Waals surface area (Å²) in [4.78, 5) is 2.30. The van der Waals surface area contributed by atoms with Crippen LogP contribution in [0.25, 0.3) is 0 Å². The highest BCUT2D eigenvalue weighted by atomic mass is 79.9. The highest BCUT2D eigenvalue weighted by Crippen LogP contribution is 2.29. The first-order valence-corrected chi connectivity index (χ1v) is 6.66. The van der Waals surface area contributed by atoms with E-state index in [1.54, 1.807) is 0 Å². The Hall–Kier alpha value is -1.05. The summed E-state index contributed by atoms with van der Waals surface area (Å²) in [6.07, 6.45) is 2.38. The molecule has 2 rings (SSSR count). The van der Waals surface area contributed by atoms with Crippen LogP contribution in [-0.4, -0.2) is 26.2 Å². The fraction of sp³-hybridized carbons (Fsp3) is 0.462. The van der Waals surface area contributed by atoms with Crippen LogP contribution in [0.1, 0.15) is 18.4 Å². The Kier molecular flexibility index (Phi) is 4.03. The van der Waals surface area contributed by atoms with Crippen molar-refractivity contribution in [3.8, 4) is 6.07 Å². The molecule has 1 aromatic carbocycles. The van der Waals surface area contributed by atoms with E-state index >= 15 is 0 Å². The summed E-state index contributed by atoms with van der Waals surface area (Å²) < 4.78 is 0.879. The van der Waals surface area contributed by atoms with E-state index in [0.29, 0.717) is 6.04 Å². The lowest BCUT2D eigenvalue weighted by Crippen LogP contribution is -2.44. The molecule has 90 valence electrons. The number of nitriles is 1. The van der Waals surface area contributed by atoms with Crippen molar-refractivity contribution < 1.29 is 0 Å². The standard InChI is InChI=1S/C13H16BrN3/c1-16-10-4-3-7-17(9-10)13-6-2-5-12(14)11(13)8-15/h2,5-6,10,16H,3-4,7,9H2,1H3. The SMILES string of the molecule is CNC1CCCN(c2cccc(Br)c2C#N)C1. The minimum absolute atomic E-state index is 0.522. The van der Waals surface area contributed by atoms with Gasteiger partial charge in [-0.15, -0.1) is 0 Å². The quantitative estimate of drug-likeness (QED) is 0.911. The van der Waals surface area contributed by atoms with Gasteiger partial charge >= 0.3 is 0 Å². The second kappa shape index (κ2) is 5.52. The predicted molar refractivity (Wildman–Crippen MR) is 73.2 cm³/mol. The smallest absolute Gasteiger partial charge is 0.103 e. The van der Waals surface area contributed by atoms with Gasteiger partial charge in [0.25, 0.3) is 0 Å². The molecule has 0 aromatic heterocycles. The third-order valence-electron chi connectivity index (χ3n) is 3.27. The minimum Gasteiger partial charge on any atom is -0.369 e. The van der Waals surface area contributed by atoms with Gasteiger partial charge in [-0.25, -0.2) is 0 Å². The number of nitrogens with one attached hydrogen (secondary N) is 1. The van der Waals surface area contributed by atoms with Crippen molar-refractivity contribution in [3.05, 3.63) is 28.2 Å². The number of hydrogen-bond donors (Lipinski definition) is 1. The zero-order chi connectivity index (χ0) is 12.3. The Morgan fingerprint density at radius 2 is 2.35 bits per heavy atom. The number of likely N-dealkylation sites (N-methyl/N-ethyl adjacent to an activating group) is 1. The van der Waals surface area contributed by atoms with Gasteiger partial charge in [-0.1, -0.05) is 6.07 Å². The summed E-state index contributed by atoms with van der Waals surface area (Å²) >= 11 is 3.44. The Morgan fingerprint density at radius 3 is 3.06 bits per heavy atom. The van der Waals surface area contributed by atoms with Gasteiger partial charge in [0.05, 0.1) is 11.3 Å².